The lowest BCUT2D eigenvalue weighted by Crippen LogP contribution is -2.33. The summed E-state index contributed by atoms with van der Waals surface area (Å²) in [5.41, 5.74) is 0.479. The molecule has 0 atom stereocenters. The van der Waals surface area contributed by atoms with E-state index in [1.165, 1.54) is 18.2 Å². The first-order valence-electron chi connectivity index (χ1n) is 5.27. The van der Waals surface area contributed by atoms with Crippen LogP contribution in [0.25, 0.3) is 0 Å². The van der Waals surface area contributed by atoms with Crippen LogP contribution in [-0.2, 0) is 0 Å². The van der Waals surface area contributed by atoms with E-state index >= 15 is 0 Å². The van der Waals surface area contributed by atoms with Gasteiger partial charge in [-0.05, 0) is 48.2 Å². The Balaban J connectivity index is 2.75. The summed E-state index contributed by atoms with van der Waals surface area (Å²) in [4.78, 5) is 15.7. The molecule has 1 amide bonds. The lowest BCUT2D eigenvalue weighted by molar-refractivity contribution is 0.0785. The maximum absolute atomic E-state index is 12.9. The first kappa shape index (κ1) is 14.1. The van der Waals surface area contributed by atoms with Gasteiger partial charge in [0.05, 0.1) is 5.56 Å². The van der Waals surface area contributed by atoms with Gasteiger partial charge in [0, 0.05) is 24.6 Å². The third-order valence-electron chi connectivity index (χ3n) is 2.39. The van der Waals surface area contributed by atoms with Gasteiger partial charge in [-0.1, -0.05) is 0 Å². The minimum absolute atomic E-state index is 0.112. The second-order valence-corrected chi connectivity index (χ2v) is 5.01. The second-order valence-electron chi connectivity index (χ2n) is 4.15. The van der Waals surface area contributed by atoms with Crippen molar-refractivity contribution in [2.75, 3.05) is 34.2 Å². The normalized spacial score (nSPS) is 10.7. The molecule has 17 heavy (non-hydrogen) atoms. The number of halogens is 2. The predicted molar refractivity (Wildman–Crippen MR) is 69.6 cm³/mol. The van der Waals surface area contributed by atoms with Gasteiger partial charge in [0.15, 0.2) is 0 Å². The second kappa shape index (κ2) is 6.12. The van der Waals surface area contributed by atoms with Crippen LogP contribution < -0.4 is 0 Å². The molecule has 0 saturated carbocycles. The van der Waals surface area contributed by atoms with E-state index in [2.05, 4.69) is 15.9 Å². The molecule has 0 aliphatic heterocycles. The van der Waals surface area contributed by atoms with Crippen molar-refractivity contribution >= 4 is 21.8 Å². The van der Waals surface area contributed by atoms with Gasteiger partial charge < -0.3 is 9.80 Å². The zero-order valence-corrected chi connectivity index (χ0v) is 11.8. The van der Waals surface area contributed by atoms with Crippen LogP contribution in [0.1, 0.15) is 10.4 Å². The van der Waals surface area contributed by atoms with Crippen molar-refractivity contribution in [2.24, 2.45) is 0 Å². The molecule has 1 aromatic rings. The molecular formula is C12H16BrFN2O. The standard InChI is InChI=1S/C12H16BrFN2O/c1-15(2)6-7-16(3)12(17)10-5-4-9(14)8-11(10)13/h4-5,8H,6-7H2,1-3H3. The molecule has 3 nitrogen and oxygen atoms in total. The molecule has 0 aromatic heterocycles. The molecule has 0 N–H and O–H groups in total. The Bertz CT molecular complexity index is 409. The molecule has 0 unspecified atom stereocenters. The van der Waals surface area contributed by atoms with E-state index in [1.54, 1.807) is 11.9 Å². The monoisotopic (exact) mass is 302 g/mol. The van der Waals surface area contributed by atoms with E-state index < -0.39 is 0 Å². The average Bonchev–Trinajstić information content (AvgIpc) is 2.25. The van der Waals surface area contributed by atoms with E-state index in [9.17, 15) is 9.18 Å². The quantitative estimate of drug-likeness (QED) is 0.851. The maximum atomic E-state index is 12.9. The minimum Gasteiger partial charge on any atom is -0.340 e. The summed E-state index contributed by atoms with van der Waals surface area (Å²) in [6.45, 7) is 1.43. The van der Waals surface area contributed by atoms with E-state index in [0.29, 0.717) is 16.6 Å². The van der Waals surface area contributed by atoms with Crippen LogP contribution >= 0.6 is 15.9 Å². The molecule has 0 aliphatic rings. The highest BCUT2D eigenvalue weighted by Crippen LogP contribution is 2.19. The van der Waals surface area contributed by atoms with Crippen molar-refractivity contribution in [3.8, 4) is 0 Å². The predicted octanol–water partition coefficient (Wildman–Crippen LogP) is 2.22. The number of nitrogens with zero attached hydrogens (tertiary/aromatic N) is 2. The fourth-order valence-corrected chi connectivity index (χ4v) is 1.84. The summed E-state index contributed by atoms with van der Waals surface area (Å²) in [6.07, 6.45) is 0. The van der Waals surface area contributed by atoms with Crippen molar-refractivity contribution < 1.29 is 9.18 Å². The lowest BCUT2D eigenvalue weighted by Gasteiger charge is -2.20. The molecule has 0 aliphatic carbocycles. The van der Waals surface area contributed by atoms with Gasteiger partial charge in [-0.25, -0.2) is 4.39 Å². The summed E-state index contributed by atoms with van der Waals surface area (Å²) < 4.78 is 13.4. The molecule has 1 rings (SSSR count). The van der Waals surface area contributed by atoms with E-state index in [-0.39, 0.29) is 11.7 Å². The Kier molecular flexibility index (Phi) is 5.08. The Morgan fingerprint density at radius 2 is 1.94 bits per heavy atom. The molecule has 0 spiro atoms. The van der Waals surface area contributed by atoms with Crippen molar-refractivity contribution in [2.45, 2.75) is 0 Å². The first-order chi connectivity index (χ1) is 7.91. The minimum atomic E-state index is -0.357. The molecule has 5 heteroatoms. The van der Waals surface area contributed by atoms with Crippen LogP contribution in [-0.4, -0.2) is 49.9 Å². The molecule has 1 aromatic carbocycles. The summed E-state index contributed by atoms with van der Waals surface area (Å²) in [7, 11) is 5.64. The Hall–Kier alpha value is -0.940. The highest BCUT2D eigenvalue weighted by atomic mass is 79.9. The average molecular weight is 303 g/mol. The zero-order valence-electron chi connectivity index (χ0n) is 10.2. The molecule has 0 fully saturated rings. The molecule has 94 valence electrons. The summed E-state index contributed by atoms with van der Waals surface area (Å²) in [5, 5.41) is 0. The molecular weight excluding hydrogens is 287 g/mol. The summed E-state index contributed by atoms with van der Waals surface area (Å²) in [5.74, 6) is -0.469. The number of hydrogen-bond acceptors (Lipinski definition) is 2. The van der Waals surface area contributed by atoms with Crippen LogP contribution in [0.4, 0.5) is 4.39 Å². The van der Waals surface area contributed by atoms with Gasteiger partial charge in [0.2, 0.25) is 0 Å². The number of likely N-dealkylation sites (N-methyl/N-ethyl adjacent to an activating group) is 2. The third kappa shape index (κ3) is 4.09. The van der Waals surface area contributed by atoms with Gasteiger partial charge in [-0.3, -0.25) is 4.79 Å². The maximum Gasteiger partial charge on any atom is 0.254 e. The van der Waals surface area contributed by atoms with Crippen molar-refractivity contribution in [1.29, 1.82) is 0 Å². The topological polar surface area (TPSA) is 23.6 Å². The Morgan fingerprint density at radius 3 is 2.47 bits per heavy atom. The number of benzene rings is 1. The van der Waals surface area contributed by atoms with Gasteiger partial charge in [0.25, 0.3) is 5.91 Å². The van der Waals surface area contributed by atoms with Crippen LogP contribution in [0.2, 0.25) is 0 Å². The van der Waals surface area contributed by atoms with Crippen molar-refractivity contribution in [3.05, 3.63) is 34.1 Å². The number of hydrogen-bond donors (Lipinski definition) is 0. The van der Waals surface area contributed by atoms with Gasteiger partial charge in [-0.2, -0.15) is 0 Å². The molecule has 0 heterocycles. The van der Waals surface area contributed by atoms with Crippen LogP contribution in [0, 0.1) is 5.82 Å². The first-order valence-corrected chi connectivity index (χ1v) is 6.06. The van der Waals surface area contributed by atoms with Gasteiger partial charge in [-0.15, -0.1) is 0 Å². The van der Waals surface area contributed by atoms with Crippen LogP contribution in [0.15, 0.2) is 22.7 Å². The summed E-state index contributed by atoms with van der Waals surface area (Å²) in [6, 6.07) is 4.08. The third-order valence-corrected chi connectivity index (χ3v) is 3.05. The zero-order chi connectivity index (χ0) is 13.0. The molecule has 0 bridgehead atoms. The Labute approximate surface area is 109 Å². The van der Waals surface area contributed by atoms with Crippen molar-refractivity contribution in [3.63, 3.8) is 0 Å². The van der Waals surface area contributed by atoms with Crippen LogP contribution in [0.3, 0.4) is 0 Å². The number of carbonyl (C=O) groups is 1. The summed E-state index contributed by atoms with van der Waals surface area (Å²) >= 11 is 3.20. The van der Waals surface area contributed by atoms with Gasteiger partial charge >= 0.3 is 0 Å². The highest BCUT2D eigenvalue weighted by molar-refractivity contribution is 9.10. The van der Waals surface area contributed by atoms with Gasteiger partial charge in [0.1, 0.15) is 5.82 Å². The smallest absolute Gasteiger partial charge is 0.254 e. The number of amides is 1. The fraction of sp³-hybridized carbons (Fsp3) is 0.417. The lowest BCUT2D eigenvalue weighted by atomic mass is 10.2. The van der Waals surface area contributed by atoms with Crippen LogP contribution in [0.5, 0.6) is 0 Å². The van der Waals surface area contributed by atoms with E-state index in [0.717, 1.165) is 6.54 Å². The number of rotatable bonds is 4. The number of carbonyl (C=O) groups excluding carboxylic acids is 1. The van der Waals surface area contributed by atoms with Crippen molar-refractivity contribution in [1.82, 2.24) is 9.80 Å². The molecule has 0 radical (unpaired) electrons. The van der Waals surface area contributed by atoms with E-state index in [1.807, 2.05) is 19.0 Å². The fourth-order valence-electron chi connectivity index (χ4n) is 1.32. The van der Waals surface area contributed by atoms with E-state index in [4.69, 9.17) is 0 Å². The molecule has 0 saturated heterocycles. The largest absolute Gasteiger partial charge is 0.340 e. The highest BCUT2D eigenvalue weighted by Gasteiger charge is 2.15. The Morgan fingerprint density at radius 1 is 1.29 bits per heavy atom. The SMILES string of the molecule is CN(C)CCN(C)C(=O)c1ccc(F)cc1Br.